The van der Waals surface area contributed by atoms with Crippen LogP contribution in [0.3, 0.4) is 0 Å². The summed E-state index contributed by atoms with van der Waals surface area (Å²) in [6, 6.07) is 11.5. The molecule has 0 aliphatic carbocycles. The molecule has 2 N–H and O–H groups in total. The van der Waals surface area contributed by atoms with Crippen LogP contribution in [0.1, 0.15) is 15.9 Å². The lowest BCUT2D eigenvalue weighted by molar-refractivity contribution is -0.137. The van der Waals surface area contributed by atoms with Crippen LogP contribution in [0.2, 0.25) is 0 Å². The molecule has 2 saturated heterocycles. The summed E-state index contributed by atoms with van der Waals surface area (Å²) in [5, 5.41) is 13.5. The Morgan fingerprint density at radius 1 is 1.15 bits per heavy atom. The predicted molar refractivity (Wildman–Crippen MR) is 120 cm³/mol. The predicted octanol–water partition coefficient (Wildman–Crippen LogP) is 2.39. The van der Waals surface area contributed by atoms with Crippen LogP contribution in [-0.4, -0.2) is 80.6 Å². The summed E-state index contributed by atoms with van der Waals surface area (Å²) in [7, 11) is 1.55. The molecule has 2 aromatic rings. The number of aliphatic hydroxyl groups excluding tert-OH is 1. The summed E-state index contributed by atoms with van der Waals surface area (Å²) >= 11 is 0. The second kappa shape index (κ2) is 10.2. The first kappa shape index (κ1) is 24.3. The maximum atomic E-state index is 13.0. The Labute approximate surface area is 196 Å². The summed E-state index contributed by atoms with van der Waals surface area (Å²) in [6.45, 7) is 3.09. The van der Waals surface area contributed by atoms with Crippen LogP contribution in [0.5, 0.6) is 5.75 Å². The molecule has 0 bridgehead atoms. The van der Waals surface area contributed by atoms with Gasteiger partial charge in [-0.15, -0.1) is 0 Å². The highest BCUT2D eigenvalue weighted by molar-refractivity contribution is 5.94. The number of nitrogens with one attached hydrogen (secondary N) is 1. The van der Waals surface area contributed by atoms with Gasteiger partial charge in [0.25, 0.3) is 5.91 Å². The number of piperazine rings is 1. The van der Waals surface area contributed by atoms with Gasteiger partial charge in [0.05, 0.1) is 31.4 Å². The monoisotopic (exact) mass is 479 g/mol. The number of halogens is 3. The Bertz CT molecular complexity index is 978. The summed E-state index contributed by atoms with van der Waals surface area (Å²) < 4.78 is 49.9. The van der Waals surface area contributed by atoms with Crippen molar-refractivity contribution in [1.29, 1.82) is 0 Å². The number of benzene rings is 2. The number of anilines is 1. The van der Waals surface area contributed by atoms with Crippen molar-refractivity contribution in [2.75, 3.05) is 51.3 Å². The molecule has 3 atom stereocenters. The fourth-order valence-electron chi connectivity index (χ4n) is 4.29. The van der Waals surface area contributed by atoms with E-state index in [2.05, 4.69) is 10.2 Å². The molecule has 2 aliphatic rings. The molecule has 0 radical (unpaired) electrons. The summed E-state index contributed by atoms with van der Waals surface area (Å²) in [5.41, 5.74) is 0.354. The fraction of sp³-hybridized carbons (Fsp3) is 0.458. The van der Waals surface area contributed by atoms with Gasteiger partial charge >= 0.3 is 6.18 Å². The molecule has 2 aromatic carbocycles. The van der Waals surface area contributed by atoms with Crippen molar-refractivity contribution >= 4 is 11.6 Å². The second-order valence-corrected chi connectivity index (χ2v) is 8.51. The topological polar surface area (TPSA) is 74.3 Å². The molecule has 0 spiro atoms. The Morgan fingerprint density at radius 3 is 2.50 bits per heavy atom. The molecular weight excluding hydrogens is 451 g/mol. The van der Waals surface area contributed by atoms with E-state index in [0.29, 0.717) is 49.7 Å². The molecule has 0 aromatic heterocycles. The Kier molecular flexibility index (Phi) is 7.30. The van der Waals surface area contributed by atoms with Crippen molar-refractivity contribution in [2.24, 2.45) is 0 Å². The molecule has 34 heavy (non-hydrogen) atoms. The lowest BCUT2D eigenvalue weighted by Gasteiger charge is -2.37. The molecule has 2 heterocycles. The van der Waals surface area contributed by atoms with Gasteiger partial charge in [-0.1, -0.05) is 6.07 Å². The first-order valence-corrected chi connectivity index (χ1v) is 11.1. The highest BCUT2D eigenvalue weighted by Crippen LogP contribution is 2.32. The smallest absolute Gasteiger partial charge is 0.416 e. The maximum absolute atomic E-state index is 13.0. The summed E-state index contributed by atoms with van der Waals surface area (Å²) in [4.78, 5) is 16.5. The minimum atomic E-state index is -4.37. The molecule has 4 rings (SSSR count). The number of ether oxygens (including phenoxy) is 2. The van der Waals surface area contributed by atoms with Gasteiger partial charge in [0, 0.05) is 44.0 Å². The highest BCUT2D eigenvalue weighted by Gasteiger charge is 2.38. The normalized spacial score (nSPS) is 23.7. The molecule has 2 aliphatic heterocycles. The number of rotatable bonds is 6. The van der Waals surface area contributed by atoms with E-state index in [1.807, 2.05) is 4.90 Å². The first-order valence-electron chi connectivity index (χ1n) is 11.1. The molecule has 7 nitrogen and oxygen atoms in total. The number of carbonyl (C=O) groups excluding carboxylic acids is 1. The SMILES string of the molecule is COc1ccc(C(=O)NC2COC(CN3CCN(c4cccc(C(F)(F)F)c4)CC3)C2O)cc1. The van der Waals surface area contributed by atoms with Crippen LogP contribution in [0.25, 0.3) is 0 Å². The zero-order valence-corrected chi connectivity index (χ0v) is 18.8. The van der Waals surface area contributed by atoms with Crippen LogP contribution in [0.15, 0.2) is 48.5 Å². The quantitative estimate of drug-likeness (QED) is 0.663. The van der Waals surface area contributed by atoms with Crippen LogP contribution in [0.4, 0.5) is 18.9 Å². The van der Waals surface area contributed by atoms with Gasteiger partial charge in [0.15, 0.2) is 0 Å². The van der Waals surface area contributed by atoms with E-state index in [1.54, 1.807) is 37.4 Å². The zero-order chi connectivity index (χ0) is 24.3. The van der Waals surface area contributed by atoms with Gasteiger partial charge in [-0.2, -0.15) is 13.2 Å². The fourth-order valence-corrected chi connectivity index (χ4v) is 4.29. The molecule has 3 unspecified atom stereocenters. The third-order valence-electron chi connectivity index (χ3n) is 6.30. The Hall–Kier alpha value is -2.82. The number of hydrogen-bond donors (Lipinski definition) is 2. The maximum Gasteiger partial charge on any atom is 0.416 e. The van der Waals surface area contributed by atoms with E-state index in [0.717, 1.165) is 6.07 Å². The van der Waals surface area contributed by atoms with Gasteiger partial charge < -0.3 is 24.8 Å². The third-order valence-corrected chi connectivity index (χ3v) is 6.30. The average Bonchev–Trinajstić information content (AvgIpc) is 3.18. The van der Waals surface area contributed by atoms with Crippen molar-refractivity contribution in [3.8, 4) is 5.75 Å². The largest absolute Gasteiger partial charge is 0.497 e. The van der Waals surface area contributed by atoms with Crippen molar-refractivity contribution in [2.45, 2.75) is 24.4 Å². The molecule has 1 amide bonds. The number of amides is 1. The number of hydrogen-bond acceptors (Lipinski definition) is 6. The minimum Gasteiger partial charge on any atom is -0.497 e. The summed E-state index contributed by atoms with van der Waals surface area (Å²) in [5.74, 6) is 0.347. The number of alkyl halides is 3. The summed E-state index contributed by atoms with van der Waals surface area (Å²) in [6.07, 6.45) is -5.68. The second-order valence-electron chi connectivity index (χ2n) is 8.51. The lowest BCUT2D eigenvalue weighted by atomic mass is 10.1. The first-order chi connectivity index (χ1) is 16.2. The van der Waals surface area contributed by atoms with Gasteiger partial charge in [0.1, 0.15) is 11.9 Å². The molecule has 10 heteroatoms. The van der Waals surface area contributed by atoms with Crippen LogP contribution in [0, 0.1) is 0 Å². The van der Waals surface area contributed by atoms with E-state index in [4.69, 9.17) is 9.47 Å². The van der Waals surface area contributed by atoms with E-state index >= 15 is 0 Å². The van der Waals surface area contributed by atoms with Crippen LogP contribution >= 0.6 is 0 Å². The van der Waals surface area contributed by atoms with Crippen molar-refractivity contribution in [1.82, 2.24) is 10.2 Å². The van der Waals surface area contributed by atoms with E-state index < -0.39 is 30.0 Å². The van der Waals surface area contributed by atoms with Gasteiger partial charge in [-0.3, -0.25) is 9.69 Å². The Morgan fingerprint density at radius 2 is 1.85 bits per heavy atom. The van der Waals surface area contributed by atoms with Gasteiger partial charge in [0.2, 0.25) is 0 Å². The van der Waals surface area contributed by atoms with Gasteiger partial charge in [-0.05, 0) is 42.5 Å². The minimum absolute atomic E-state index is 0.206. The van der Waals surface area contributed by atoms with Crippen molar-refractivity contribution in [3.63, 3.8) is 0 Å². The van der Waals surface area contributed by atoms with Gasteiger partial charge in [-0.25, -0.2) is 0 Å². The molecule has 2 fully saturated rings. The van der Waals surface area contributed by atoms with Crippen LogP contribution in [-0.2, 0) is 10.9 Å². The third kappa shape index (κ3) is 5.63. The van der Waals surface area contributed by atoms with Crippen LogP contribution < -0.4 is 15.0 Å². The lowest BCUT2D eigenvalue weighted by Crippen LogP contribution is -2.51. The van der Waals surface area contributed by atoms with Crippen molar-refractivity contribution in [3.05, 3.63) is 59.7 Å². The standard InChI is InChI=1S/C24H28F3N3O4/c1-33-19-7-5-16(6-8-19)23(32)28-20-15-34-21(22(20)31)14-29-9-11-30(12-10-29)18-4-2-3-17(13-18)24(25,26)27/h2-8,13,20-22,31H,9-12,14-15H2,1H3,(H,28,32). The molecular formula is C24H28F3N3O4. The number of nitrogens with zero attached hydrogens (tertiary/aromatic N) is 2. The molecule has 184 valence electrons. The van der Waals surface area contributed by atoms with E-state index in [-0.39, 0.29) is 12.5 Å². The zero-order valence-electron chi connectivity index (χ0n) is 18.8. The Balaban J connectivity index is 1.26. The van der Waals surface area contributed by atoms with E-state index in [9.17, 15) is 23.1 Å². The average molecular weight is 479 g/mol. The molecule has 0 saturated carbocycles. The highest BCUT2D eigenvalue weighted by atomic mass is 19.4. The van der Waals surface area contributed by atoms with E-state index in [1.165, 1.54) is 12.1 Å². The number of methoxy groups -OCH3 is 1. The number of carbonyl (C=O) groups is 1. The number of aliphatic hydroxyl groups is 1. The van der Waals surface area contributed by atoms with Crippen molar-refractivity contribution < 1.29 is 32.5 Å².